The molecule has 0 saturated heterocycles. The smallest absolute Gasteiger partial charge is 0.279 e. The molecule has 1 aromatic heterocycles. The molecule has 1 atom stereocenters. The van der Waals surface area contributed by atoms with E-state index < -0.39 is 17.4 Å². The number of nitrogens with zero attached hydrogens (tertiary/aromatic N) is 2. The first kappa shape index (κ1) is 17.8. The van der Waals surface area contributed by atoms with Crippen LogP contribution in [0.3, 0.4) is 0 Å². The van der Waals surface area contributed by atoms with Crippen LogP contribution in [0.4, 0.5) is 11.5 Å². The van der Waals surface area contributed by atoms with Crippen LogP contribution in [0.1, 0.15) is 18.1 Å². The second-order valence-corrected chi connectivity index (χ2v) is 6.92. The van der Waals surface area contributed by atoms with Crippen molar-refractivity contribution in [1.82, 2.24) is 9.78 Å². The standard InChI is InChI=1S/C21H20N4O3/c1-14-7-9-15(10-8-14)13-25-12-11-18(24-25)23-20(27)21(2)19(26)22-16-5-3-4-6-17(16)28-21/h3-12H,13H2,1-2H3,(H,22,26)(H,23,24,27). The monoisotopic (exact) mass is 376 g/mol. The number of nitrogens with one attached hydrogen (secondary N) is 2. The lowest BCUT2D eigenvalue weighted by Gasteiger charge is -2.32. The predicted molar refractivity (Wildman–Crippen MR) is 105 cm³/mol. The van der Waals surface area contributed by atoms with Crippen molar-refractivity contribution in [2.24, 2.45) is 0 Å². The van der Waals surface area contributed by atoms with Crippen molar-refractivity contribution >= 4 is 23.3 Å². The molecule has 1 unspecified atom stereocenters. The molecule has 4 rings (SSSR count). The molecule has 0 aliphatic carbocycles. The van der Waals surface area contributed by atoms with Gasteiger partial charge < -0.3 is 15.4 Å². The Morgan fingerprint density at radius 3 is 2.71 bits per heavy atom. The molecular formula is C21H20N4O3. The normalized spacial score (nSPS) is 18.0. The quantitative estimate of drug-likeness (QED) is 0.686. The molecule has 0 fully saturated rings. The topological polar surface area (TPSA) is 85.3 Å². The van der Waals surface area contributed by atoms with Gasteiger partial charge in [-0.3, -0.25) is 14.3 Å². The number of carbonyl (C=O) groups is 2. The first-order valence-electron chi connectivity index (χ1n) is 8.94. The summed E-state index contributed by atoms with van der Waals surface area (Å²) in [5, 5.41) is 9.74. The average Bonchev–Trinajstić information content (AvgIpc) is 3.11. The van der Waals surface area contributed by atoms with E-state index in [2.05, 4.69) is 15.7 Å². The summed E-state index contributed by atoms with van der Waals surface area (Å²) >= 11 is 0. The van der Waals surface area contributed by atoms with Gasteiger partial charge in [-0.2, -0.15) is 5.10 Å². The molecule has 0 bridgehead atoms. The first-order valence-corrected chi connectivity index (χ1v) is 8.94. The molecule has 2 heterocycles. The number of hydrogen-bond donors (Lipinski definition) is 2. The maximum absolute atomic E-state index is 12.8. The minimum Gasteiger partial charge on any atom is -0.466 e. The summed E-state index contributed by atoms with van der Waals surface area (Å²) in [6.07, 6.45) is 1.77. The van der Waals surface area contributed by atoms with Crippen molar-refractivity contribution in [3.05, 3.63) is 71.9 Å². The third kappa shape index (κ3) is 3.34. The lowest BCUT2D eigenvalue weighted by atomic mass is 10.0. The average molecular weight is 376 g/mol. The van der Waals surface area contributed by atoms with Gasteiger partial charge in [-0.25, -0.2) is 0 Å². The molecular weight excluding hydrogens is 356 g/mol. The number of aromatic nitrogens is 2. The van der Waals surface area contributed by atoms with Crippen molar-refractivity contribution in [2.45, 2.75) is 26.0 Å². The number of hydrogen-bond acceptors (Lipinski definition) is 4. The Balaban J connectivity index is 1.47. The highest BCUT2D eigenvalue weighted by atomic mass is 16.5. The number of ether oxygens (including phenoxy) is 1. The SMILES string of the molecule is Cc1ccc(Cn2ccc(NC(=O)C3(C)Oc4ccccc4NC3=O)n2)cc1. The van der Waals surface area contributed by atoms with Gasteiger partial charge in [0.05, 0.1) is 12.2 Å². The maximum atomic E-state index is 12.8. The van der Waals surface area contributed by atoms with E-state index in [1.807, 2.05) is 31.2 Å². The van der Waals surface area contributed by atoms with Crippen LogP contribution in [0.15, 0.2) is 60.8 Å². The van der Waals surface area contributed by atoms with Crippen LogP contribution < -0.4 is 15.4 Å². The van der Waals surface area contributed by atoms with Gasteiger partial charge in [-0.05, 0) is 31.5 Å². The van der Waals surface area contributed by atoms with E-state index in [0.29, 0.717) is 23.8 Å². The zero-order valence-corrected chi connectivity index (χ0v) is 15.6. The first-order chi connectivity index (χ1) is 13.4. The molecule has 2 aromatic carbocycles. The van der Waals surface area contributed by atoms with Gasteiger partial charge in [0.15, 0.2) is 5.82 Å². The second kappa shape index (κ2) is 6.84. The maximum Gasteiger partial charge on any atom is 0.279 e. The van der Waals surface area contributed by atoms with E-state index in [1.54, 1.807) is 41.2 Å². The van der Waals surface area contributed by atoms with Gasteiger partial charge in [-0.1, -0.05) is 42.0 Å². The summed E-state index contributed by atoms with van der Waals surface area (Å²) < 4.78 is 7.44. The Hall–Kier alpha value is -3.61. The predicted octanol–water partition coefficient (Wildman–Crippen LogP) is 2.97. The summed E-state index contributed by atoms with van der Waals surface area (Å²) in [6.45, 7) is 4.06. The van der Waals surface area contributed by atoms with Gasteiger partial charge in [0.1, 0.15) is 5.75 Å². The summed E-state index contributed by atoms with van der Waals surface area (Å²) in [7, 11) is 0. The number of aryl methyl sites for hydroxylation is 1. The van der Waals surface area contributed by atoms with Gasteiger partial charge >= 0.3 is 0 Å². The fourth-order valence-corrected chi connectivity index (χ4v) is 2.95. The molecule has 2 amide bonds. The molecule has 0 radical (unpaired) electrons. The number of amides is 2. The van der Waals surface area contributed by atoms with Crippen LogP contribution in [-0.2, 0) is 16.1 Å². The van der Waals surface area contributed by atoms with E-state index in [0.717, 1.165) is 5.56 Å². The zero-order chi connectivity index (χ0) is 19.7. The van der Waals surface area contributed by atoms with Crippen molar-refractivity contribution in [3.63, 3.8) is 0 Å². The highest BCUT2D eigenvalue weighted by Crippen LogP contribution is 2.33. The van der Waals surface area contributed by atoms with E-state index in [4.69, 9.17) is 4.74 Å². The van der Waals surface area contributed by atoms with Gasteiger partial charge in [0.2, 0.25) is 0 Å². The summed E-state index contributed by atoms with van der Waals surface area (Å²) in [5.41, 5.74) is 1.15. The number of carbonyl (C=O) groups excluding carboxylic acids is 2. The lowest BCUT2D eigenvalue weighted by molar-refractivity contribution is -0.143. The van der Waals surface area contributed by atoms with Gasteiger partial charge in [-0.15, -0.1) is 0 Å². The lowest BCUT2D eigenvalue weighted by Crippen LogP contribution is -2.56. The van der Waals surface area contributed by atoms with Crippen molar-refractivity contribution in [1.29, 1.82) is 0 Å². The van der Waals surface area contributed by atoms with Gasteiger partial charge in [0.25, 0.3) is 17.4 Å². The summed E-state index contributed by atoms with van der Waals surface area (Å²) in [6, 6.07) is 16.8. The Morgan fingerprint density at radius 1 is 1.18 bits per heavy atom. The van der Waals surface area contributed by atoms with Crippen LogP contribution >= 0.6 is 0 Å². The van der Waals surface area contributed by atoms with Crippen LogP contribution in [0.5, 0.6) is 5.75 Å². The van der Waals surface area contributed by atoms with E-state index >= 15 is 0 Å². The summed E-state index contributed by atoms with van der Waals surface area (Å²) in [4.78, 5) is 25.2. The number of rotatable bonds is 4. The van der Waals surface area contributed by atoms with Crippen LogP contribution in [0.2, 0.25) is 0 Å². The van der Waals surface area contributed by atoms with E-state index in [-0.39, 0.29) is 0 Å². The zero-order valence-electron chi connectivity index (χ0n) is 15.6. The molecule has 7 nitrogen and oxygen atoms in total. The van der Waals surface area contributed by atoms with Crippen molar-refractivity contribution < 1.29 is 14.3 Å². The fraction of sp³-hybridized carbons (Fsp3) is 0.190. The third-order valence-corrected chi connectivity index (χ3v) is 4.66. The highest BCUT2D eigenvalue weighted by molar-refractivity contribution is 6.18. The summed E-state index contributed by atoms with van der Waals surface area (Å²) in [5.74, 6) is -0.305. The molecule has 1 aliphatic heterocycles. The number of benzene rings is 2. The Morgan fingerprint density at radius 2 is 1.93 bits per heavy atom. The van der Waals surface area contributed by atoms with Crippen LogP contribution in [-0.4, -0.2) is 27.2 Å². The second-order valence-electron chi connectivity index (χ2n) is 6.92. The number of para-hydroxylation sites is 2. The van der Waals surface area contributed by atoms with E-state index in [9.17, 15) is 9.59 Å². The minimum atomic E-state index is -1.69. The van der Waals surface area contributed by atoms with E-state index in [1.165, 1.54) is 12.5 Å². The van der Waals surface area contributed by atoms with Crippen LogP contribution in [0.25, 0.3) is 0 Å². The van der Waals surface area contributed by atoms with Crippen LogP contribution in [0, 0.1) is 6.92 Å². The largest absolute Gasteiger partial charge is 0.466 e. The molecule has 7 heteroatoms. The molecule has 28 heavy (non-hydrogen) atoms. The molecule has 2 N–H and O–H groups in total. The molecule has 0 spiro atoms. The number of anilines is 2. The number of fused-ring (bicyclic) bond motifs is 1. The Bertz CT molecular complexity index is 1040. The Labute approximate surface area is 162 Å². The molecule has 1 aliphatic rings. The van der Waals surface area contributed by atoms with Crippen molar-refractivity contribution in [3.8, 4) is 5.75 Å². The third-order valence-electron chi connectivity index (χ3n) is 4.66. The highest BCUT2D eigenvalue weighted by Gasteiger charge is 2.47. The molecule has 0 saturated carbocycles. The van der Waals surface area contributed by atoms with Gasteiger partial charge in [0, 0.05) is 12.3 Å². The molecule has 3 aromatic rings. The molecule has 142 valence electrons. The minimum absolute atomic E-state index is 0.355. The Kier molecular flexibility index (Phi) is 4.35. The van der Waals surface area contributed by atoms with Crippen molar-refractivity contribution in [2.75, 3.05) is 10.6 Å². The fourth-order valence-electron chi connectivity index (χ4n) is 2.95.